The van der Waals surface area contributed by atoms with E-state index >= 15 is 0 Å². The van der Waals surface area contributed by atoms with Gasteiger partial charge in [-0.2, -0.15) is 0 Å². The van der Waals surface area contributed by atoms with Crippen LogP contribution in [0.5, 0.6) is 0 Å². The van der Waals surface area contributed by atoms with Gasteiger partial charge in [-0.05, 0) is 36.1 Å². The fourth-order valence-corrected chi connectivity index (χ4v) is 4.78. The number of benzene rings is 3. The van der Waals surface area contributed by atoms with Crippen LogP contribution in [0.1, 0.15) is 26.3 Å². The molecule has 1 aliphatic rings. The first-order valence-corrected chi connectivity index (χ1v) is 10.3. The summed E-state index contributed by atoms with van der Waals surface area (Å²) in [4.78, 5) is 26.9. The summed E-state index contributed by atoms with van der Waals surface area (Å²) in [6.07, 6.45) is 0. The minimum absolute atomic E-state index is 0.0481. The monoisotopic (exact) mass is 394 g/mol. The molecule has 0 saturated heterocycles. The molecule has 0 aliphatic carbocycles. The van der Waals surface area contributed by atoms with Gasteiger partial charge in [0.25, 0.3) is 11.8 Å². The van der Waals surface area contributed by atoms with Crippen LogP contribution in [0.3, 0.4) is 0 Å². The number of rotatable bonds is 5. The Bertz CT molecular complexity index is 1170. The zero-order valence-electron chi connectivity index (χ0n) is 15.2. The van der Waals surface area contributed by atoms with Crippen LogP contribution < -0.4 is 4.72 Å². The molecule has 2 amide bonds. The lowest BCUT2D eigenvalue weighted by molar-refractivity contribution is 0.0613. The third-order valence-electron chi connectivity index (χ3n) is 4.87. The van der Waals surface area contributed by atoms with Gasteiger partial charge < -0.3 is 0 Å². The lowest BCUT2D eigenvalue weighted by Crippen LogP contribution is -2.44. The molecule has 0 radical (unpaired) electrons. The van der Waals surface area contributed by atoms with Crippen LogP contribution in [-0.4, -0.2) is 38.2 Å². The van der Waals surface area contributed by atoms with Gasteiger partial charge in [0.15, 0.2) is 0 Å². The normalized spacial score (nSPS) is 14.0. The molecule has 28 heavy (non-hydrogen) atoms. The molecule has 0 unspecified atom stereocenters. The standard InChI is InChI=1S/C21H18N2O4S/c1-14-6-2-3-11-18(14)28(26,27)22-12-13-23-20(24)16-9-4-7-15-8-5-10-17(19(15)16)21(23)25/h2-11,22H,12-13H2,1H3. The summed E-state index contributed by atoms with van der Waals surface area (Å²) < 4.78 is 27.5. The highest BCUT2D eigenvalue weighted by atomic mass is 32.2. The van der Waals surface area contributed by atoms with Gasteiger partial charge in [-0.15, -0.1) is 0 Å². The van der Waals surface area contributed by atoms with Crippen LogP contribution in [0.15, 0.2) is 65.6 Å². The maximum atomic E-state index is 12.8. The van der Waals surface area contributed by atoms with Crippen molar-refractivity contribution >= 4 is 32.6 Å². The molecule has 0 spiro atoms. The Labute approximate surface area is 162 Å². The number of aryl methyl sites for hydroxylation is 1. The molecule has 0 saturated carbocycles. The van der Waals surface area contributed by atoms with Gasteiger partial charge in [-0.25, -0.2) is 13.1 Å². The average molecular weight is 394 g/mol. The Kier molecular flexibility index (Phi) is 4.49. The summed E-state index contributed by atoms with van der Waals surface area (Å²) in [6, 6.07) is 17.3. The molecule has 0 fully saturated rings. The number of carbonyl (C=O) groups excluding carboxylic acids is 2. The highest BCUT2D eigenvalue weighted by Crippen LogP contribution is 2.29. The highest BCUT2D eigenvalue weighted by molar-refractivity contribution is 7.89. The summed E-state index contributed by atoms with van der Waals surface area (Å²) in [7, 11) is -3.73. The Hall–Kier alpha value is -3.03. The summed E-state index contributed by atoms with van der Waals surface area (Å²) in [5.41, 5.74) is 1.53. The summed E-state index contributed by atoms with van der Waals surface area (Å²) >= 11 is 0. The first kappa shape index (κ1) is 18.3. The molecular formula is C21H18N2O4S. The Morgan fingerprint density at radius 3 is 2.07 bits per heavy atom. The molecule has 3 aromatic carbocycles. The number of amides is 2. The first-order valence-electron chi connectivity index (χ1n) is 8.83. The Morgan fingerprint density at radius 2 is 1.46 bits per heavy atom. The second-order valence-corrected chi connectivity index (χ2v) is 8.37. The van der Waals surface area contributed by atoms with Crippen molar-refractivity contribution in [2.75, 3.05) is 13.1 Å². The third-order valence-corrected chi connectivity index (χ3v) is 6.49. The van der Waals surface area contributed by atoms with Gasteiger partial charge in [0, 0.05) is 29.6 Å². The SMILES string of the molecule is Cc1ccccc1S(=O)(=O)NCCN1C(=O)c2cccc3cccc(c23)C1=O. The molecule has 142 valence electrons. The third kappa shape index (κ3) is 2.98. The van der Waals surface area contributed by atoms with Gasteiger partial charge in [0.1, 0.15) is 0 Å². The van der Waals surface area contributed by atoms with E-state index in [1.165, 1.54) is 6.07 Å². The number of nitrogens with one attached hydrogen (secondary N) is 1. The van der Waals surface area contributed by atoms with E-state index in [-0.39, 0.29) is 18.0 Å². The van der Waals surface area contributed by atoms with Crippen LogP contribution in [0.2, 0.25) is 0 Å². The summed E-state index contributed by atoms with van der Waals surface area (Å²) in [6.45, 7) is 1.60. The smallest absolute Gasteiger partial charge is 0.261 e. The van der Waals surface area contributed by atoms with Gasteiger partial charge in [-0.3, -0.25) is 14.5 Å². The minimum Gasteiger partial charge on any atom is -0.273 e. The van der Waals surface area contributed by atoms with E-state index in [0.29, 0.717) is 22.1 Å². The lowest BCUT2D eigenvalue weighted by atomic mass is 9.94. The zero-order chi connectivity index (χ0) is 19.9. The molecule has 6 nitrogen and oxygen atoms in total. The van der Waals surface area contributed by atoms with Crippen LogP contribution >= 0.6 is 0 Å². The second-order valence-electron chi connectivity index (χ2n) is 6.63. The fraction of sp³-hybridized carbons (Fsp3) is 0.143. The topological polar surface area (TPSA) is 83.6 Å². The molecule has 0 aromatic heterocycles. The number of hydrogen-bond donors (Lipinski definition) is 1. The molecule has 0 atom stereocenters. The average Bonchev–Trinajstić information content (AvgIpc) is 2.68. The van der Waals surface area contributed by atoms with E-state index in [0.717, 1.165) is 10.3 Å². The van der Waals surface area contributed by atoms with Crippen molar-refractivity contribution in [3.63, 3.8) is 0 Å². The van der Waals surface area contributed by atoms with Crippen LogP contribution in [0, 0.1) is 6.92 Å². The van der Waals surface area contributed by atoms with E-state index in [1.54, 1.807) is 49.4 Å². The summed E-state index contributed by atoms with van der Waals surface area (Å²) in [5, 5.41) is 1.48. The van der Waals surface area contributed by atoms with Gasteiger partial charge in [0.05, 0.1) is 4.90 Å². The minimum atomic E-state index is -3.73. The van der Waals surface area contributed by atoms with E-state index in [4.69, 9.17) is 0 Å². The lowest BCUT2D eigenvalue weighted by Gasteiger charge is -2.27. The van der Waals surface area contributed by atoms with E-state index in [2.05, 4.69) is 4.72 Å². The zero-order valence-corrected chi connectivity index (χ0v) is 16.0. The van der Waals surface area contributed by atoms with Crippen molar-refractivity contribution in [2.45, 2.75) is 11.8 Å². The quantitative estimate of drug-likeness (QED) is 0.675. The number of carbonyl (C=O) groups is 2. The van der Waals surface area contributed by atoms with Crippen molar-refractivity contribution in [3.05, 3.63) is 77.4 Å². The molecule has 0 bridgehead atoms. The highest BCUT2D eigenvalue weighted by Gasteiger charge is 2.32. The van der Waals surface area contributed by atoms with Crippen molar-refractivity contribution in [1.82, 2.24) is 9.62 Å². The van der Waals surface area contributed by atoms with Crippen molar-refractivity contribution in [1.29, 1.82) is 0 Å². The predicted molar refractivity (Wildman–Crippen MR) is 106 cm³/mol. The van der Waals surface area contributed by atoms with Crippen molar-refractivity contribution in [2.24, 2.45) is 0 Å². The first-order chi connectivity index (χ1) is 13.4. The van der Waals surface area contributed by atoms with Crippen molar-refractivity contribution in [3.8, 4) is 0 Å². The molecule has 3 aromatic rings. The summed E-state index contributed by atoms with van der Waals surface area (Å²) in [5.74, 6) is -0.825. The second kappa shape index (κ2) is 6.85. The largest absolute Gasteiger partial charge is 0.273 e. The van der Waals surface area contributed by atoms with E-state index in [9.17, 15) is 18.0 Å². The van der Waals surface area contributed by atoms with Gasteiger partial charge in [-0.1, -0.05) is 42.5 Å². The molecule has 1 heterocycles. The number of imide groups is 1. The molecule has 7 heteroatoms. The Balaban J connectivity index is 1.56. The maximum Gasteiger partial charge on any atom is 0.261 e. The Morgan fingerprint density at radius 1 is 0.857 bits per heavy atom. The van der Waals surface area contributed by atoms with Crippen LogP contribution in [0.25, 0.3) is 10.8 Å². The van der Waals surface area contributed by atoms with Crippen LogP contribution in [0.4, 0.5) is 0 Å². The number of sulfonamides is 1. The molecular weight excluding hydrogens is 376 g/mol. The van der Waals surface area contributed by atoms with E-state index in [1.807, 2.05) is 12.1 Å². The molecule has 1 N–H and O–H groups in total. The van der Waals surface area contributed by atoms with Crippen molar-refractivity contribution < 1.29 is 18.0 Å². The maximum absolute atomic E-state index is 12.8. The fourth-order valence-electron chi connectivity index (χ4n) is 3.51. The molecule has 4 rings (SSSR count). The number of nitrogens with zero attached hydrogens (tertiary/aromatic N) is 1. The van der Waals surface area contributed by atoms with Gasteiger partial charge in [0.2, 0.25) is 10.0 Å². The van der Waals surface area contributed by atoms with E-state index < -0.39 is 21.8 Å². The number of hydrogen-bond acceptors (Lipinski definition) is 4. The predicted octanol–water partition coefficient (Wildman–Crippen LogP) is 2.72. The van der Waals surface area contributed by atoms with Crippen LogP contribution in [-0.2, 0) is 10.0 Å². The molecule has 1 aliphatic heterocycles. The van der Waals surface area contributed by atoms with Gasteiger partial charge >= 0.3 is 0 Å².